The van der Waals surface area contributed by atoms with Gasteiger partial charge in [-0.25, -0.2) is 0 Å². The summed E-state index contributed by atoms with van der Waals surface area (Å²) < 4.78 is 0. The molecule has 1 rings (SSSR count). The van der Waals surface area contributed by atoms with Gasteiger partial charge >= 0.3 is 0 Å². The lowest BCUT2D eigenvalue weighted by atomic mass is 10.2. The highest BCUT2D eigenvalue weighted by Crippen LogP contribution is 2.23. The first-order chi connectivity index (χ1) is 7.27. The summed E-state index contributed by atoms with van der Waals surface area (Å²) in [6.45, 7) is 6.28. The number of hydrogen-bond donors (Lipinski definition) is 0. The molecule has 0 aromatic heterocycles. The summed E-state index contributed by atoms with van der Waals surface area (Å²) in [6.07, 6.45) is 7.16. The third-order valence-corrected chi connectivity index (χ3v) is 4.50. The van der Waals surface area contributed by atoms with Gasteiger partial charge in [0.15, 0.2) is 0 Å². The van der Waals surface area contributed by atoms with Crippen LogP contribution >= 0.6 is 11.8 Å². The molecule has 0 atom stereocenters. The van der Waals surface area contributed by atoms with E-state index in [4.69, 9.17) is 0 Å². The van der Waals surface area contributed by atoms with Gasteiger partial charge in [-0.05, 0) is 25.7 Å². The quantitative estimate of drug-likeness (QED) is 0.731. The Labute approximate surface area is 97.8 Å². The van der Waals surface area contributed by atoms with E-state index < -0.39 is 0 Å². The molecule has 15 heavy (non-hydrogen) atoms. The van der Waals surface area contributed by atoms with Crippen LogP contribution in [0, 0.1) is 0 Å². The number of likely N-dealkylation sites (tertiary alicyclic amines) is 1. The smallest absolute Gasteiger partial charge is 0.281 e. The highest BCUT2D eigenvalue weighted by Gasteiger charge is 2.18. The van der Waals surface area contributed by atoms with Crippen molar-refractivity contribution in [1.82, 2.24) is 4.90 Å². The average Bonchev–Trinajstić information content (AvgIpc) is 2.54. The van der Waals surface area contributed by atoms with Crippen LogP contribution in [0.4, 0.5) is 4.79 Å². The number of thioether (sulfide) groups is 1. The van der Waals surface area contributed by atoms with Crippen molar-refractivity contribution in [3.63, 3.8) is 0 Å². The lowest BCUT2D eigenvalue weighted by molar-refractivity contribution is 0.225. The molecule has 2 nitrogen and oxygen atoms in total. The molecule has 1 amide bonds. The zero-order chi connectivity index (χ0) is 11.1. The predicted octanol–water partition coefficient (Wildman–Crippen LogP) is 3.90. The molecule has 0 aromatic carbocycles. The van der Waals surface area contributed by atoms with Gasteiger partial charge in [0.05, 0.1) is 0 Å². The second-order valence-corrected chi connectivity index (χ2v) is 5.48. The Morgan fingerprint density at radius 1 is 1.13 bits per heavy atom. The zero-order valence-corrected chi connectivity index (χ0v) is 10.8. The molecule has 1 aliphatic heterocycles. The predicted molar refractivity (Wildman–Crippen MR) is 67.4 cm³/mol. The Bertz CT molecular complexity index is 184. The molecule has 1 aliphatic rings. The molecule has 3 heteroatoms. The molecule has 0 saturated carbocycles. The van der Waals surface area contributed by atoms with Crippen LogP contribution in [0.25, 0.3) is 0 Å². The minimum Gasteiger partial charge on any atom is -0.334 e. The summed E-state index contributed by atoms with van der Waals surface area (Å²) in [5, 5.41) is 0.825. The summed E-state index contributed by atoms with van der Waals surface area (Å²) in [5.74, 6) is 0. The van der Waals surface area contributed by atoms with E-state index in [2.05, 4.69) is 18.7 Å². The summed E-state index contributed by atoms with van der Waals surface area (Å²) in [4.78, 5) is 14.0. The van der Waals surface area contributed by atoms with Crippen LogP contribution in [-0.4, -0.2) is 28.5 Å². The Kier molecular flexibility index (Phi) is 6.15. The third-order valence-electron chi connectivity index (χ3n) is 3.04. The number of carbonyl (C=O) groups excluding carboxylic acids is 1. The summed E-state index contributed by atoms with van der Waals surface area (Å²) in [5.41, 5.74) is 0. The van der Waals surface area contributed by atoms with Crippen molar-refractivity contribution in [1.29, 1.82) is 0 Å². The molecule has 0 N–H and O–H groups in total. The van der Waals surface area contributed by atoms with Crippen LogP contribution in [0.1, 0.15) is 52.4 Å². The third kappa shape index (κ3) is 4.45. The van der Waals surface area contributed by atoms with Crippen molar-refractivity contribution in [2.75, 3.05) is 13.1 Å². The molecule has 0 aromatic rings. The Hall–Kier alpha value is -0.180. The minimum absolute atomic E-state index is 0.311. The maximum atomic E-state index is 12.0. The van der Waals surface area contributed by atoms with Crippen LogP contribution in [-0.2, 0) is 0 Å². The number of hydrogen-bond acceptors (Lipinski definition) is 2. The van der Waals surface area contributed by atoms with E-state index in [-0.39, 0.29) is 0 Å². The number of nitrogens with zero attached hydrogens (tertiary/aromatic N) is 1. The molecule has 0 aliphatic carbocycles. The maximum Gasteiger partial charge on any atom is 0.281 e. The Balaban J connectivity index is 2.36. The van der Waals surface area contributed by atoms with Gasteiger partial charge in [0.2, 0.25) is 0 Å². The van der Waals surface area contributed by atoms with Gasteiger partial charge in [-0.1, -0.05) is 38.5 Å². The molecule has 0 radical (unpaired) electrons. The Morgan fingerprint density at radius 2 is 1.67 bits per heavy atom. The van der Waals surface area contributed by atoms with Gasteiger partial charge in [-0.3, -0.25) is 4.79 Å². The van der Waals surface area contributed by atoms with E-state index in [1.807, 2.05) is 0 Å². The molecule has 88 valence electrons. The summed E-state index contributed by atoms with van der Waals surface area (Å²) in [7, 11) is 0. The molecule has 0 spiro atoms. The van der Waals surface area contributed by atoms with Crippen LogP contribution in [0.3, 0.4) is 0 Å². The van der Waals surface area contributed by atoms with Gasteiger partial charge in [0.1, 0.15) is 0 Å². The van der Waals surface area contributed by atoms with Crippen LogP contribution < -0.4 is 0 Å². The first-order valence-electron chi connectivity index (χ1n) is 6.23. The van der Waals surface area contributed by atoms with Crippen molar-refractivity contribution in [2.45, 2.75) is 57.6 Å². The van der Waals surface area contributed by atoms with Gasteiger partial charge in [0, 0.05) is 18.3 Å². The maximum absolute atomic E-state index is 12.0. The molecular weight excluding hydrogens is 206 g/mol. The van der Waals surface area contributed by atoms with Crippen molar-refractivity contribution in [3.05, 3.63) is 0 Å². The number of rotatable bonds is 3. The lowest BCUT2D eigenvalue weighted by Crippen LogP contribution is -2.29. The van der Waals surface area contributed by atoms with E-state index in [1.165, 1.54) is 25.7 Å². The first kappa shape index (κ1) is 12.9. The van der Waals surface area contributed by atoms with Crippen molar-refractivity contribution in [2.24, 2.45) is 0 Å². The van der Waals surface area contributed by atoms with Crippen LogP contribution in [0.5, 0.6) is 0 Å². The van der Waals surface area contributed by atoms with E-state index in [9.17, 15) is 4.79 Å². The van der Waals surface area contributed by atoms with E-state index >= 15 is 0 Å². The fourth-order valence-corrected chi connectivity index (χ4v) is 2.88. The summed E-state index contributed by atoms with van der Waals surface area (Å²) in [6, 6.07) is 0. The highest BCUT2D eigenvalue weighted by atomic mass is 32.2. The molecule has 1 heterocycles. The summed E-state index contributed by atoms with van der Waals surface area (Å²) >= 11 is 1.55. The van der Waals surface area contributed by atoms with Crippen molar-refractivity contribution < 1.29 is 4.79 Å². The fraction of sp³-hybridized carbons (Fsp3) is 0.917. The van der Waals surface area contributed by atoms with Crippen LogP contribution in [0.15, 0.2) is 0 Å². The van der Waals surface area contributed by atoms with E-state index in [1.54, 1.807) is 11.8 Å². The zero-order valence-electron chi connectivity index (χ0n) is 10.00. The monoisotopic (exact) mass is 229 g/mol. The Morgan fingerprint density at radius 3 is 2.13 bits per heavy atom. The number of amides is 1. The van der Waals surface area contributed by atoms with Gasteiger partial charge in [-0.2, -0.15) is 0 Å². The molecule has 0 unspecified atom stereocenters. The van der Waals surface area contributed by atoms with E-state index in [0.29, 0.717) is 10.5 Å². The topological polar surface area (TPSA) is 20.3 Å². The largest absolute Gasteiger partial charge is 0.334 e. The van der Waals surface area contributed by atoms with E-state index in [0.717, 1.165) is 25.9 Å². The standard InChI is InChI=1S/C12H23NOS/c1-3-11(4-2)15-12(14)13-9-7-5-6-8-10-13/h11H,3-10H2,1-2H3. The number of carbonyl (C=O) groups is 1. The first-order valence-corrected chi connectivity index (χ1v) is 7.11. The minimum atomic E-state index is 0.311. The SMILES string of the molecule is CCC(CC)SC(=O)N1CCCCCC1. The van der Waals surface area contributed by atoms with Gasteiger partial charge in [-0.15, -0.1) is 0 Å². The average molecular weight is 229 g/mol. The molecule has 0 bridgehead atoms. The van der Waals surface area contributed by atoms with Gasteiger partial charge < -0.3 is 4.90 Å². The molecule has 1 fully saturated rings. The normalized spacial score (nSPS) is 17.9. The lowest BCUT2D eigenvalue weighted by Gasteiger charge is -2.21. The highest BCUT2D eigenvalue weighted by molar-refractivity contribution is 8.14. The fourth-order valence-electron chi connectivity index (χ4n) is 1.93. The second-order valence-electron chi connectivity index (χ2n) is 4.22. The molecule has 1 saturated heterocycles. The van der Waals surface area contributed by atoms with Crippen molar-refractivity contribution in [3.8, 4) is 0 Å². The van der Waals surface area contributed by atoms with Crippen LogP contribution in [0.2, 0.25) is 0 Å². The molecular formula is C12H23NOS. The second kappa shape index (κ2) is 7.15. The van der Waals surface area contributed by atoms with Crippen molar-refractivity contribution >= 4 is 17.0 Å². The van der Waals surface area contributed by atoms with Gasteiger partial charge in [0.25, 0.3) is 5.24 Å².